The van der Waals surface area contributed by atoms with E-state index in [4.69, 9.17) is 5.26 Å². The molecule has 0 spiro atoms. The van der Waals surface area contributed by atoms with E-state index in [0.29, 0.717) is 0 Å². The minimum atomic E-state index is 0.736. The van der Waals surface area contributed by atoms with Crippen molar-refractivity contribution in [3.63, 3.8) is 0 Å². The van der Waals surface area contributed by atoms with Gasteiger partial charge in [0.1, 0.15) is 0 Å². The normalized spacial score (nSPS) is 9.50. The molecule has 36 valence electrons. The van der Waals surface area contributed by atoms with Crippen molar-refractivity contribution in [1.29, 1.82) is 0 Å². The molecule has 0 radical (unpaired) electrons. The molecule has 0 bridgehead atoms. The van der Waals surface area contributed by atoms with Crippen molar-refractivity contribution < 1.29 is 15.2 Å². The Morgan fingerprint density at radius 1 is 1.83 bits per heavy atom. The first-order valence-electron chi connectivity index (χ1n) is 1.10. The van der Waals surface area contributed by atoms with Crippen LogP contribution in [0.5, 0.6) is 0 Å². The lowest BCUT2D eigenvalue weighted by Crippen LogP contribution is -1.88. The van der Waals surface area contributed by atoms with Crippen LogP contribution in [0.4, 0.5) is 0 Å². The number of hydrazone groups is 1. The standard InChI is InChI=1S/CH4N2O3/c2-3-1-5-6-4/h1,4H,2H2/b3-1+. The summed E-state index contributed by atoms with van der Waals surface area (Å²) in [5, 5.41) is 13.2. The lowest BCUT2D eigenvalue weighted by Gasteiger charge is -1.80. The summed E-state index contributed by atoms with van der Waals surface area (Å²) in [6, 6.07) is 0. The third-order valence-corrected chi connectivity index (χ3v) is 0.147. The first-order valence-corrected chi connectivity index (χ1v) is 1.10. The fourth-order valence-electron chi connectivity index (χ4n) is 0.0441. The maximum atomic E-state index is 7.33. The van der Waals surface area contributed by atoms with Crippen LogP contribution < -0.4 is 5.84 Å². The number of nitrogens with two attached hydrogens (primary N) is 1. The third-order valence-electron chi connectivity index (χ3n) is 0.147. The molecule has 5 nitrogen and oxygen atoms in total. The molecule has 5 heteroatoms. The zero-order valence-electron chi connectivity index (χ0n) is 2.87. The Morgan fingerprint density at radius 3 is 2.67 bits per heavy atom. The lowest BCUT2D eigenvalue weighted by molar-refractivity contribution is -0.447. The molecule has 0 saturated carbocycles. The van der Waals surface area contributed by atoms with Crippen LogP contribution in [0.1, 0.15) is 0 Å². The Labute approximate surface area is 33.8 Å². The van der Waals surface area contributed by atoms with Gasteiger partial charge in [-0.3, -0.25) is 4.89 Å². The van der Waals surface area contributed by atoms with E-state index in [0.717, 1.165) is 6.40 Å². The van der Waals surface area contributed by atoms with Crippen LogP contribution in [0.15, 0.2) is 5.10 Å². The first kappa shape index (κ1) is 5.19. The van der Waals surface area contributed by atoms with Crippen LogP contribution >= 0.6 is 0 Å². The summed E-state index contributed by atoms with van der Waals surface area (Å²) in [5.41, 5.74) is 0. The molecule has 0 fully saturated rings. The van der Waals surface area contributed by atoms with E-state index in [1.807, 2.05) is 0 Å². The molecule has 0 saturated heterocycles. The number of hydrogen-bond donors (Lipinski definition) is 2. The van der Waals surface area contributed by atoms with E-state index in [2.05, 4.69) is 20.9 Å². The van der Waals surface area contributed by atoms with Crippen molar-refractivity contribution in [2.24, 2.45) is 10.9 Å². The second-order valence-corrected chi connectivity index (χ2v) is 0.425. The van der Waals surface area contributed by atoms with Crippen molar-refractivity contribution in [3.8, 4) is 0 Å². The molecule has 6 heavy (non-hydrogen) atoms. The van der Waals surface area contributed by atoms with Crippen LogP contribution in [-0.2, 0) is 9.93 Å². The maximum absolute atomic E-state index is 7.33. The summed E-state index contributed by atoms with van der Waals surface area (Å²) in [7, 11) is 0. The molecule has 0 amide bonds. The zero-order valence-corrected chi connectivity index (χ0v) is 2.87. The van der Waals surface area contributed by atoms with Crippen LogP contribution in [0.2, 0.25) is 0 Å². The van der Waals surface area contributed by atoms with Gasteiger partial charge in [0.15, 0.2) is 0 Å². The minimum absolute atomic E-state index is 0.736. The topological polar surface area (TPSA) is 77.1 Å². The van der Waals surface area contributed by atoms with E-state index in [1.165, 1.54) is 0 Å². The molecule has 0 aromatic carbocycles. The van der Waals surface area contributed by atoms with Gasteiger partial charge in [0.25, 0.3) is 0 Å². The second-order valence-electron chi connectivity index (χ2n) is 0.425. The highest BCUT2D eigenvalue weighted by Gasteiger charge is 1.63. The average Bonchev–Trinajstić information content (AvgIpc) is 1.61. The van der Waals surface area contributed by atoms with Crippen molar-refractivity contribution in [3.05, 3.63) is 0 Å². The minimum Gasteiger partial charge on any atom is -0.320 e. The van der Waals surface area contributed by atoms with E-state index in [-0.39, 0.29) is 0 Å². The second kappa shape index (κ2) is 4.19. The van der Waals surface area contributed by atoms with Gasteiger partial charge in [-0.05, 0) is 5.04 Å². The molecule has 0 rings (SSSR count). The fourth-order valence-corrected chi connectivity index (χ4v) is 0.0441. The van der Waals surface area contributed by atoms with Gasteiger partial charge in [-0.25, -0.2) is 5.26 Å². The molecule has 0 unspecified atom stereocenters. The summed E-state index contributed by atoms with van der Waals surface area (Å²) < 4.78 is 0. The van der Waals surface area contributed by atoms with Gasteiger partial charge in [-0.15, -0.1) is 5.10 Å². The van der Waals surface area contributed by atoms with Gasteiger partial charge in [-0.2, -0.15) is 0 Å². The first-order chi connectivity index (χ1) is 2.91. The van der Waals surface area contributed by atoms with Gasteiger partial charge in [0, 0.05) is 0 Å². The van der Waals surface area contributed by atoms with Gasteiger partial charge in [0.05, 0.1) is 0 Å². The summed E-state index contributed by atoms with van der Waals surface area (Å²) in [5.74, 6) is 4.47. The predicted octanol–water partition coefficient (Wildman–Crippen LogP) is -0.690. The smallest absolute Gasteiger partial charge is 0.239 e. The fraction of sp³-hybridized carbons (Fsp3) is 0. The molecule has 0 aliphatic heterocycles. The maximum Gasteiger partial charge on any atom is 0.239 e. The zero-order chi connectivity index (χ0) is 4.83. The number of hydrogen-bond acceptors (Lipinski definition) is 5. The highest BCUT2D eigenvalue weighted by atomic mass is 17.5. The van der Waals surface area contributed by atoms with E-state index in [9.17, 15) is 0 Å². The SMILES string of the molecule is N/N=C/OOO. The lowest BCUT2D eigenvalue weighted by atomic mass is 11.5. The molecule has 0 atom stereocenters. The molecule has 0 aromatic heterocycles. The van der Waals surface area contributed by atoms with Gasteiger partial charge in [-0.1, -0.05) is 0 Å². The summed E-state index contributed by atoms with van der Waals surface area (Å²) in [4.78, 5) is 3.62. The van der Waals surface area contributed by atoms with Crippen molar-refractivity contribution in [2.45, 2.75) is 0 Å². The number of nitrogens with zero attached hydrogens (tertiary/aromatic N) is 1. The van der Waals surface area contributed by atoms with E-state index < -0.39 is 0 Å². The quantitative estimate of drug-likeness (QED) is 0.155. The molecule has 0 heterocycles. The Bertz CT molecular complexity index is 44.1. The molecule has 3 N–H and O–H groups in total. The molecular formula is CH4N2O3. The van der Waals surface area contributed by atoms with Gasteiger partial charge >= 0.3 is 0 Å². The Morgan fingerprint density at radius 2 is 2.50 bits per heavy atom. The van der Waals surface area contributed by atoms with Gasteiger partial charge in [0.2, 0.25) is 6.40 Å². The van der Waals surface area contributed by atoms with E-state index in [1.54, 1.807) is 0 Å². The highest BCUT2D eigenvalue weighted by molar-refractivity contribution is 5.44. The van der Waals surface area contributed by atoms with Crippen molar-refractivity contribution in [2.75, 3.05) is 0 Å². The number of rotatable bonds is 2. The van der Waals surface area contributed by atoms with Crippen LogP contribution in [0.25, 0.3) is 0 Å². The summed E-state index contributed by atoms with van der Waals surface area (Å²) in [6.45, 7) is 0. The Balaban J connectivity index is 2.66. The molecule has 0 aromatic rings. The van der Waals surface area contributed by atoms with Crippen LogP contribution in [0, 0.1) is 0 Å². The van der Waals surface area contributed by atoms with Crippen molar-refractivity contribution in [1.82, 2.24) is 0 Å². The largest absolute Gasteiger partial charge is 0.320 e. The average molecular weight is 92.1 g/mol. The molecular weight excluding hydrogens is 88.0 g/mol. The molecule has 0 aliphatic carbocycles. The van der Waals surface area contributed by atoms with Gasteiger partial charge < -0.3 is 5.84 Å². The Hall–Kier alpha value is -0.810. The Kier molecular flexibility index (Phi) is 3.62. The summed E-state index contributed by atoms with van der Waals surface area (Å²) >= 11 is 0. The predicted molar refractivity (Wildman–Crippen MR) is 17.5 cm³/mol. The van der Waals surface area contributed by atoms with Crippen LogP contribution in [-0.4, -0.2) is 11.7 Å². The van der Waals surface area contributed by atoms with Crippen LogP contribution in [0.3, 0.4) is 0 Å². The van der Waals surface area contributed by atoms with Crippen molar-refractivity contribution >= 4 is 6.40 Å². The third kappa shape index (κ3) is 3.19. The van der Waals surface area contributed by atoms with E-state index >= 15 is 0 Å². The summed E-state index contributed by atoms with van der Waals surface area (Å²) in [6.07, 6.45) is 0.736. The highest BCUT2D eigenvalue weighted by Crippen LogP contribution is 1.58. The monoisotopic (exact) mass is 92.0 g/mol. The molecule has 0 aliphatic rings.